The lowest BCUT2D eigenvalue weighted by Crippen LogP contribution is -2.10. The van der Waals surface area contributed by atoms with Crippen LogP contribution in [0, 0.1) is 16.7 Å². The van der Waals surface area contributed by atoms with Crippen molar-refractivity contribution >= 4 is 0 Å². The van der Waals surface area contributed by atoms with E-state index in [0.29, 0.717) is 6.61 Å². The van der Waals surface area contributed by atoms with Crippen molar-refractivity contribution in [2.75, 3.05) is 13.7 Å². The molecule has 0 saturated heterocycles. The standard InChI is InChI=1S/C14H19NO2/c1-14(2,11-15)8-5-9-17-13-7-4-6-12(10-13)16-3/h4,6-7,10H,5,8-9H2,1-3H3. The Kier molecular flexibility index (Phi) is 4.84. The van der Waals surface area contributed by atoms with Gasteiger partial charge in [-0.3, -0.25) is 0 Å². The molecule has 0 atom stereocenters. The average molecular weight is 233 g/mol. The topological polar surface area (TPSA) is 42.2 Å². The van der Waals surface area contributed by atoms with Crippen molar-refractivity contribution in [3.05, 3.63) is 24.3 Å². The number of benzene rings is 1. The summed E-state index contributed by atoms with van der Waals surface area (Å²) in [5.41, 5.74) is -0.266. The van der Waals surface area contributed by atoms with E-state index in [0.717, 1.165) is 24.3 Å². The van der Waals surface area contributed by atoms with Gasteiger partial charge in [-0.2, -0.15) is 5.26 Å². The highest BCUT2D eigenvalue weighted by Gasteiger charge is 2.15. The molecule has 0 aliphatic heterocycles. The van der Waals surface area contributed by atoms with Crippen molar-refractivity contribution in [1.29, 1.82) is 5.26 Å². The first kappa shape index (κ1) is 13.4. The highest BCUT2D eigenvalue weighted by atomic mass is 16.5. The molecule has 0 heterocycles. The van der Waals surface area contributed by atoms with Crippen molar-refractivity contribution in [2.24, 2.45) is 5.41 Å². The molecule has 1 aromatic carbocycles. The highest BCUT2D eigenvalue weighted by molar-refractivity contribution is 5.32. The lowest BCUT2D eigenvalue weighted by molar-refractivity contribution is 0.282. The molecule has 0 aliphatic carbocycles. The van der Waals surface area contributed by atoms with Crippen LogP contribution in [-0.4, -0.2) is 13.7 Å². The van der Waals surface area contributed by atoms with Crippen LogP contribution in [0.1, 0.15) is 26.7 Å². The zero-order valence-electron chi connectivity index (χ0n) is 10.7. The highest BCUT2D eigenvalue weighted by Crippen LogP contribution is 2.22. The van der Waals surface area contributed by atoms with E-state index in [2.05, 4.69) is 6.07 Å². The first-order chi connectivity index (χ1) is 8.07. The fraction of sp³-hybridized carbons (Fsp3) is 0.500. The second kappa shape index (κ2) is 6.15. The van der Waals surface area contributed by atoms with E-state index in [1.807, 2.05) is 38.1 Å². The summed E-state index contributed by atoms with van der Waals surface area (Å²) in [6.07, 6.45) is 1.71. The second-order valence-electron chi connectivity index (χ2n) is 4.63. The normalized spacial score (nSPS) is 10.7. The summed E-state index contributed by atoms with van der Waals surface area (Å²) in [6, 6.07) is 9.82. The van der Waals surface area contributed by atoms with Crippen LogP contribution < -0.4 is 9.47 Å². The molecule has 0 spiro atoms. The average Bonchev–Trinajstić information content (AvgIpc) is 2.35. The number of methoxy groups -OCH3 is 1. The van der Waals surface area contributed by atoms with E-state index in [1.165, 1.54) is 0 Å². The van der Waals surface area contributed by atoms with Crippen LogP contribution >= 0.6 is 0 Å². The molecule has 0 aliphatic rings. The molecular weight excluding hydrogens is 214 g/mol. The molecule has 0 amide bonds. The van der Waals surface area contributed by atoms with Gasteiger partial charge in [-0.15, -0.1) is 0 Å². The van der Waals surface area contributed by atoms with Gasteiger partial charge in [-0.1, -0.05) is 6.07 Å². The van der Waals surface area contributed by atoms with Gasteiger partial charge in [0.1, 0.15) is 11.5 Å². The van der Waals surface area contributed by atoms with Gasteiger partial charge in [0.15, 0.2) is 0 Å². The SMILES string of the molecule is COc1cccc(OCCCC(C)(C)C#N)c1. The quantitative estimate of drug-likeness (QED) is 0.707. The minimum Gasteiger partial charge on any atom is -0.497 e. The third-order valence-corrected chi connectivity index (χ3v) is 2.56. The van der Waals surface area contributed by atoms with Gasteiger partial charge in [-0.25, -0.2) is 0 Å². The molecule has 1 aromatic rings. The molecule has 0 fully saturated rings. The maximum atomic E-state index is 8.87. The molecule has 3 heteroatoms. The van der Waals surface area contributed by atoms with Crippen LogP contribution in [-0.2, 0) is 0 Å². The zero-order chi connectivity index (χ0) is 12.7. The Bertz CT molecular complexity index is 393. The number of hydrogen-bond donors (Lipinski definition) is 0. The van der Waals surface area contributed by atoms with Crippen molar-refractivity contribution < 1.29 is 9.47 Å². The predicted octanol–water partition coefficient (Wildman–Crippen LogP) is 3.40. The van der Waals surface area contributed by atoms with E-state index in [-0.39, 0.29) is 5.41 Å². The maximum absolute atomic E-state index is 8.87. The Labute approximate surface area is 103 Å². The van der Waals surface area contributed by atoms with Crippen LogP contribution in [0.25, 0.3) is 0 Å². The number of ether oxygens (including phenoxy) is 2. The van der Waals surface area contributed by atoms with Crippen molar-refractivity contribution in [3.8, 4) is 17.6 Å². The minimum absolute atomic E-state index is 0.266. The molecule has 3 nitrogen and oxygen atoms in total. The first-order valence-corrected chi connectivity index (χ1v) is 5.75. The Morgan fingerprint density at radius 3 is 2.65 bits per heavy atom. The molecule has 0 radical (unpaired) electrons. The summed E-state index contributed by atoms with van der Waals surface area (Å²) in [5.74, 6) is 1.60. The van der Waals surface area contributed by atoms with Crippen LogP contribution in [0.4, 0.5) is 0 Å². The van der Waals surface area contributed by atoms with E-state index >= 15 is 0 Å². The monoisotopic (exact) mass is 233 g/mol. The fourth-order valence-corrected chi connectivity index (χ4v) is 1.45. The third kappa shape index (κ3) is 4.78. The Morgan fingerprint density at radius 2 is 2.00 bits per heavy atom. The van der Waals surface area contributed by atoms with Crippen molar-refractivity contribution in [3.63, 3.8) is 0 Å². The predicted molar refractivity (Wildman–Crippen MR) is 67.1 cm³/mol. The summed E-state index contributed by atoms with van der Waals surface area (Å²) < 4.78 is 10.7. The Balaban J connectivity index is 2.34. The van der Waals surface area contributed by atoms with Gasteiger partial charge in [0.25, 0.3) is 0 Å². The van der Waals surface area contributed by atoms with Crippen LogP contribution in [0.15, 0.2) is 24.3 Å². The Hall–Kier alpha value is -1.69. The second-order valence-corrected chi connectivity index (χ2v) is 4.63. The molecule has 92 valence electrons. The van der Waals surface area contributed by atoms with Gasteiger partial charge in [-0.05, 0) is 38.8 Å². The summed E-state index contributed by atoms with van der Waals surface area (Å²) >= 11 is 0. The molecule has 0 bridgehead atoms. The zero-order valence-corrected chi connectivity index (χ0v) is 10.7. The molecule has 0 unspecified atom stereocenters. The number of nitrogens with zero attached hydrogens (tertiary/aromatic N) is 1. The molecule has 17 heavy (non-hydrogen) atoms. The van der Waals surface area contributed by atoms with Gasteiger partial charge < -0.3 is 9.47 Å². The summed E-state index contributed by atoms with van der Waals surface area (Å²) in [7, 11) is 1.63. The Morgan fingerprint density at radius 1 is 1.29 bits per heavy atom. The summed E-state index contributed by atoms with van der Waals surface area (Å²) in [5, 5.41) is 8.87. The lowest BCUT2D eigenvalue weighted by Gasteiger charge is -2.14. The van der Waals surface area contributed by atoms with Gasteiger partial charge in [0.05, 0.1) is 25.2 Å². The van der Waals surface area contributed by atoms with E-state index in [4.69, 9.17) is 14.7 Å². The molecule has 0 aromatic heterocycles. The van der Waals surface area contributed by atoms with Crippen LogP contribution in [0.3, 0.4) is 0 Å². The van der Waals surface area contributed by atoms with E-state index < -0.39 is 0 Å². The number of hydrogen-bond acceptors (Lipinski definition) is 3. The maximum Gasteiger partial charge on any atom is 0.122 e. The minimum atomic E-state index is -0.266. The van der Waals surface area contributed by atoms with E-state index in [1.54, 1.807) is 7.11 Å². The van der Waals surface area contributed by atoms with Gasteiger partial charge in [0.2, 0.25) is 0 Å². The molecule has 1 rings (SSSR count). The molecule has 0 saturated carbocycles. The molecular formula is C14H19NO2. The van der Waals surface area contributed by atoms with Crippen LogP contribution in [0.2, 0.25) is 0 Å². The van der Waals surface area contributed by atoms with Crippen LogP contribution in [0.5, 0.6) is 11.5 Å². The smallest absolute Gasteiger partial charge is 0.122 e. The van der Waals surface area contributed by atoms with Crippen molar-refractivity contribution in [2.45, 2.75) is 26.7 Å². The van der Waals surface area contributed by atoms with Gasteiger partial charge >= 0.3 is 0 Å². The lowest BCUT2D eigenvalue weighted by atomic mass is 9.90. The summed E-state index contributed by atoms with van der Waals surface area (Å²) in [4.78, 5) is 0. The first-order valence-electron chi connectivity index (χ1n) is 5.75. The van der Waals surface area contributed by atoms with Crippen molar-refractivity contribution in [1.82, 2.24) is 0 Å². The number of nitriles is 1. The fourth-order valence-electron chi connectivity index (χ4n) is 1.45. The summed E-state index contributed by atoms with van der Waals surface area (Å²) in [6.45, 7) is 4.51. The largest absolute Gasteiger partial charge is 0.497 e. The molecule has 0 N–H and O–H groups in total. The van der Waals surface area contributed by atoms with Gasteiger partial charge in [0, 0.05) is 6.07 Å². The third-order valence-electron chi connectivity index (χ3n) is 2.56. The number of rotatable bonds is 6. The van der Waals surface area contributed by atoms with E-state index in [9.17, 15) is 0 Å².